The first kappa shape index (κ1) is 12.7. The summed E-state index contributed by atoms with van der Waals surface area (Å²) in [5, 5.41) is 0.590. The summed E-state index contributed by atoms with van der Waals surface area (Å²) in [5.41, 5.74) is -0.525. The summed E-state index contributed by atoms with van der Waals surface area (Å²) in [6.07, 6.45) is -0.961. The van der Waals surface area contributed by atoms with Crippen molar-refractivity contribution < 1.29 is 13.9 Å². The Hall–Kier alpha value is -0.320. The summed E-state index contributed by atoms with van der Waals surface area (Å²) in [6, 6.07) is -0.0881. The summed E-state index contributed by atoms with van der Waals surface area (Å²) >= 11 is 3.28. The molecule has 0 aromatic heterocycles. The normalized spacial score (nSPS) is 26.9. The molecule has 15 heavy (non-hydrogen) atoms. The largest absolute Gasteiger partial charge is 0.444 e. The summed E-state index contributed by atoms with van der Waals surface area (Å²) < 4.78 is 18.3. The van der Waals surface area contributed by atoms with Crippen LogP contribution in [-0.2, 0) is 4.74 Å². The van der Waals surface area contributed by atoms with E-state index < -0.39 is 17.9 Å². The molecule has 0 spiro atoms. The fraction of sp³-hybridized carbons (Fsp3) is 0.900. The second-order valence-electron chi connectivity index (χ2n) is 4.77. The van der Waals surface area contributed by atoms with Crippen LogP contribution in [0, 0.1) is 0 Å². The molecule has 0 aromatic rings. The third-order valence-corrected chi connectivity index (χ3v) is 2.92. The predicted molar refractivity (Wildman–Crippen MR) is 60.0 cm³/mol. The van der Waals surface area contributed by atoms with E-state index in [1.165, 1.54) is 4.90 Å². The van der Waals surface area contributed by atoms with Crippen LogP contribution in [0.1, 0.15) is 27.2 Å². The molecule has 1 aliphatic rings. The molecule has 0 aliphatic carbocycles. The average Bonchev–Trinajstić information content (AvgIpc) is 2.43. The van der Waals surface area contributed by atoms with E-state index in [-0.39, 0.29) is 12.6 Å². The predicted octanol–water partition coefficient (Wildman–Crippen LogP) is 2.73. The lowest BCUT2D eigenvalue weighted by molar-refractivity contribution is 0.0234. The number of ether oxygens (including phenoxy) is 1. The van der Waals surface area contributed by atoms with E-state index in [1.807, 2.05) is 0 Å². The summed E-state index contributed by atoms with van der Waals surface area (Å²) in [4.78, 5) is 13.2. The monoisotopic (exact) mass is 281 g/mol. The minimum atomic E-state index is -0.930. The average molecular weight is 282 g/mol. The molecule has 1 fully saturated rings. The van der Waals surface area contributed by atoms with Crippen molar-refractivity contribution in [2.75, 3.05) is 11.9 Å². The molecule has 0 saturated carbocycles. The van der Waals surface area contributed by atoms with Crippen molar-refractivity contribution in [3.8, 4) is 0 Å². The molecular formula is C10H17BrFNO2. The standard InChI is InChI=1S/C10H17BrFNO2/c1-10(2,3)15-9(14)13-6-7(12)4-8(13)5-11/h7-8H,4-6H2,1-3H3. The lowest BCUT2D eigenvalue weighted by Gasteiger charge is -2.27. The van der Waals surface area contributed by atoms with Gasteiger partial charge >= 0.3 is 6.09 Å². The van der Waals surface area contributed by atoms with Crippen molar-refractivity contribution in [3.63, 3.8) is 0 Å². The van der Waals surface area contributed by atoms with Gasteiger partial charge in [0, 0.05) is 17.8 Å². The van der Waals surface area contributed by atoms with Gasteiger partial charge in [0.25, 0.3) is 0 Å². The van der Waals surface area contributed by atoms with Crippen LogP contribution in [0.2, 0.25) is 0 Å². The Morgan fingerprint density at radius 1 is 1.60 bits per heavy atom. The molecule has 1 saturated heterocycles. The van der Waals surface area contributed by atoms with Gasteiger partial charge in [0.05, 0.1) is 6.54 Å². The highest BCUT2D eigenvalue weighted by molar-refractivity contribution is 9.09. The Bertz CT molecular complexity index is 242. The molecule has 0 radical (unpaired) electrons. The zero-order valence-electron chi connectivity index (χ0n) is 9.30. The van der Waals surface area contributed by atoms with Crippen LogP contribution < -0.4 is 0 Å². The lowest BCUT2D eigenvalue weighted by atomic mass is 10.2. The van der Waals surface area contributed by atoms with Crippen LogP contribution in [-0.4, -0.2) is 40.7 Å². The smallest absolute Gasteiger partial charge is 0.410 e. The molecule has 0 N–H and O–H groups in total. The third kappa shape index (κ3) is 3.63. The summed E-state index contributed by atoms with van der Waals surface area (Å²) in [7, 11) is 0. The molecule has 1 aliphatic heterocycles. The van der Waals surface area contributed by atoms with Gasteiger partial charge in [-0.1, -0.05) is 15.9 Å². The van der Waals surface area contributed by atoms with Crippen molar-refractivity contribution >= 4 is 22.0 Å². The first-order valence-electron chi connectivity index (χ1n) is 5.03. The van der Waals surface area contributed by atoms with Crippen molar-refractivity contribution in [1.29, 1.82) is 0 Å². The Morgan fingerprint density at radius 2 is 2.20 bits per heavy atom. The Morgan fingerprint density at radius 3 is 2.67 bits per heavy atom. The zero-order valence-corrected chi connectivity index (χ0v) is 10.9. The number of rotatable bonds is 1. The number of amides is 1. The second kappa shape index (κ2) is 4.68. The highest BCUT2D eigenvalue weighted by Crippen LogP contribution is 2.24. The van der Waals surface area contributed by atoms with Crippen LogP contribution >= 0.6 is 15.9 Å². The first-order valence-corrected chi connectivity index (χ1v) is 6.15. The minimum absolute atomic E-state index is 0.0881. The van der Waals surface area contributed by atoms with Crippen molar-refractivity contribution in [2.45, 2.75) is 45.0 Å². The van der Waals surface area contributed by atoms with Crippen LogP contribution in [0.3, 0.4) is 0 Å². The number of hydrogen-bond donors (Lipinski definition) is 0. The van der Waals surface area contributed by atoms with Gasteiger partial charge in [-0.3, -0.25) is 0 Å². The van der Waals surface area contributed by atoms with Crippen molar-refractivity contribution in [3.05, 3.63) is 0 Å². The lowest BCUT2D eigenvalue weighted by Crippen LogP contribution is -2.40. The molecular weight excluding hydrogens is 265 g/mol. The number of carbonyl (C=O) groups excluding carboxylic acids is 1. The van der Waals surface area contributed by atoms with Gasteiger partial charge in [0.2, 0.25) is 0 Å². The summed E-state index contributed by atoms with van der Waals surface area (Å²) in [5.74, 6) is 0. The van der Waals surface area contributed by atoms with E-state index in [0.29, 0.717) is 11.8 Å². The second-order valence-corrected chi connectivity index (χ2v) is 5.42. The number of nitrogens with zero attached hydrogens (tertiary/aromatic N) is 1. The molecule has 2 atom stereocenters. The molecule has 1 heterocycles. The number of carbonyl (C=O) groups is 1. The van der Waals surface area contributed by atoms with E-state index in [9.17, 15) is 9.18 Å². The maximum absolute atomic E-state index is 13.1. The molecule has 1 amide bonds. The first-order chi connectivity index (χ1) is 6.83. The maximum Gasteiger partial charge on any atom is 0.410 e. The quantitative estimate of drug-likeness (QED) is 0.692. The number of halogens is 2. The number of alkyl halides is 2. The Kier molecular flexibility index (Phi) is 3.98. The van der Waals surface area contributed by atoms with Gasteiger partial charge in [-0.05, 0) is 20.8 Å². The van der Waals surface area contributed by atoms with Gasteiger partial charge < -0.3 is 9.64 Å². The molecule has 5 heteroatoms. The summed E-state index contributed by atoms with van der Waals surface area (Å²) in [6.45, 7) is 5.55. The Balaban J connectivity index is 2.59. The van der Waals surface area contributed by atoms with Gasteiger partial charge in [-0.15, -0.1) is 0 Å². The highest BCUT2D eigenvalue weighted by Gasteiger charge is 2.36. The van der Waals surface area contributed by atoms with Gasteiger partial charge in [0.1, 0.15) is 11.8 Å². The maximum atomic E-state index is 13.1. The SMILES string of the molecule is CC(C)(C)OC(=O)N1CC(F)CC1CBr. The van der Waals surface area contributed by atoms with Gasteiger partial charge in [0.15, 0.2) is 0 Å². The van der Waals surface area contributed by atoms with Crippen LogP contribution in [0.4, 0.5) is 9.18 Å². The third-order valence-electron chi connectivity index (χ3n) is 2.17. The number of likely N-dealkylation sites (tertiary alicyclic amines) is 1. The van der Waals surface area contributed by atoms with E-state index in [1.54, 1.807) is 20.8 Å². The van der Waals surface area contributed by atoms with Crippen molar-refractivity contribution in [2.24, 2.45) is 0 Å². The van der Waals surface area contributed by atoms with Gasteiger partial charge in [-0.2, -0.15) is 0 Å². The molecule has 0 bridgehead atoms. The molecule has 3 nitrogen and oxygen atoms in total. The highest BCUT2D eigenvalue weighted by atomic mass is 79.9. The minimum Gasteiger partial charge on any atom is -0.444 e. The fourth-order valence-corrected chi connectivity index (χ4v) is 2.16. The molecule has 1 rings (SSSR count). The molecule has 0 aromatic carbocycles. The van der Waals surface area contributed by atoms with E-state index in [2.05, 4.69) is 15.9 Å². The van der Waals surface area contributed by atoms with E-state index >= 15 is 0 Å². The molecule has 88 valence electrons. The van der Waals surface area contributed by atoms with Crippen LogP contribution in [0.25, 0.3) is 0 Å². The Labute approximate surface area is 98.1 Å². The van der Waals surface area contributed by atoms with E-state index in [4.69, 9.17) is 4.74 Å². The number of hydrogen-bond acceptors (Lipinski definition) is 2. The molecule has 2 unspecified atom stereocenters. The van der Waals surface area contributed by atoms with E-state index in [0.717, 1.165) is 0 Å². The zero-order chi connectivity index (χ0) is 11.6. The van der Waals surface area contributed by atoms with Gasteiger partial charge in [-0.25, -0.2) is 9.18 Å². The van der Waals surface area contributed by atoms with Crippen LogP contribution in [0.15, 0.2) is 0 Å². The fourth-order valence-electron chi connectivity index (χ4n) is 1.55. The van der Waals surface area contributed by atoms with Crippen LogP contribution in [0.5, 0.6) is 0 Å². The van der Waals surface area contributed by atoms with Crippen molar-refractivity contribution in [1.82, 2.24) is 4.90 Å². The topological polar surface area (TPSA) is 29.5 Å².